The number of benzene rings is 4. The first-order valence-corrected chi connectivity index (χ1v) is 26.8. The van der Waals surface area contributed by atoms with Gasteiger partial charge in [-0.1, -0.05) is 210 Å². The summed E-state index contributed by atoms with van der Waals surface area (Å²) in [6.45, 7) is 15.5. The normalized spacial score (nSPS) is 15.6. The predicted octanol–water partition coefficient (Wildman–Crippen LogP) is 11.3. The van der Waals surface area contributed by atoms with E-state index in [0.717, 1.165) is 11.5 Å². The predicted molar refractivity (Wildman–Crippen MR) is 246 cm³/mol. The van der Waals surface area contributed by atoms with Gasteiger partial charge in [0.05, 0.1) is 16.9 Å². The molecule has 0 amide bonds. The fourth-order valence-electron chi connectivity index (χ4n) is 7.02. The van der Waals surface area contributed by atoms with Gasteiger partial charge in [-0.3, -0.25) is 0 Å². The summed E-state index contributed by atoms with van der Waals surface area (Å²) in [5.41, 5.74) is 0. The number of hydrogen-bond acceptors (Lipinski definition) is 8. The average molecular weight is 833 g/mol. The third kappa shape index (κ3) is 8.82. The van der Waals surface area contributed by atoms with E-state index < -0.39 is 16.6 Å². The van der Waals surface area contributed by atoms with E-state index in [9.17, 15) is 0 Å². The smallest absolute Gasteiger partial charge is 0.261 e. The Morgan fingerprint density at radius 1 is 0.462 bits per heavy atom. The lowest BCUT2D eigenvalue weighted by Gasteiger charge is -2.43. The molecule has 2 aliphatic heterocycles. The first-order chi connectivity index (χ1) is 25.1. The van der Waals surface area contributed by atoms with Crippen molar-refractivity contribution in [1.82, 2.24) is 0 Å². The number of hydrogen-bond donors (Lipinski definition) is 0. The standard InChI is InChI=1S/C42H48O2S6Si2/c1-41(2,3)51(33-19-11-7-12-20-33,34-21-13-8-14-22-34)43-27-29-45-38-39(50-40(49-38)37-47-31-32-48-37)46-30-28-44-52(42(4,5)6,35-23-15-9-16-24-35)36-25-17-10-18-26-36/h7-26,31-32H,27-30H2,1-6H3. The second-order valence-corrected chi connectivity index (χ2v) is 30.3. The summed E-state index contributed by atoms with van der Waals surface area (Å²) < 4.78 is 20.1. The highest BCUT2D eigenvalue weighted by Gasteiger charge is 2.51. The molecule has 0 saturated carbocycles. The number of rotatable bonds is 14. The summed E-state index contributed by atoms with van der Waals surface area (Å²) in [7, 11) is -5.15. The lowest BCUT2D eigenvalue weighted by Crippen LogP contribution is -2.66. The Bertz CT molecular complexity index is 1640. The minimum absolute atomic E-state index is 0.0365. The largest absolute Gasteiger partial charge is 0.407 e. The third-order valence-electron chi connectivity index (χ3n) is 9.21. The monoisotopic (exact) mass is 832 g/mol. The van der Waals surface area contributed by atoms with Gasteiger partial charge in [0.25, 0.3) is 16.6 Å². The molecule has 4 aromatic rings. The van der Waals surface area contributed by atoms with Gasteiger partial charge in [0.15, 0.2) is 0 Å². The highest BCUT2D eigenvalue weighted by molar-refractivity contribution is 8.42. The molecule has 0 radical (unpaired) electrons. The van der Waals surface area contributed by atoms with E-state index in [2.05, 4.69) is 174 Å². The van der Waals surface area contributed by atoms with Crippen LogP contribution in [0.15, 0.2) is 149 Å². The molecule has 2 aliphatic rings. The van der Waals surface area contributed by atoms with E-state index in [1.165, 1.54) is 37.7 Å². The van der Waals surface area contributed by atoms with Crippen LogP contribution in [0, 0.1) is 0 Å². The Morgan fingerprint density at radius 2 is 0.769 bits per heavy atom. The molecular weight excluding hydrogens is 785 g/mol. The van der Waals surface area contributed by atoms with E-state index in [1.54, 1.807) is 0 Å². The Morgan fingerprint density at radius 3 is 1.06 bits per heavy atom. The molecule has 0 fully saturated rings. The molecule has 6 rings (SSSR count). The maximum atomic E-state index is 7.27. The van der Waals surface area contributed by atoms with Crippen molar-refractivity contribution in [3.63, 3.8) is 0 Å². The maximum Gasteiger partial charge on any atom is 0.261 e. The molecule has 0 saturated heterocycles. The fraction of sp³-hybridized carbons (Fsp3) is 0.286. The zero-order valence-corrected chi connectivity index (χ0v) is 37.7. The molecule has 0 unspecified atom stereocenters. The van der Waals surface area contributed by atoms with E-state index in [-0.39, 0.29) is 10.1 Å². The Balaban J connectivity index is 1.20. The van der Waals surface area contributed by atoms with Crippen LogP contribution < -0.4 is 20.7 Å². The minimum Gasteiger partial charge on any atom is -0.407 e. The van der Waals surface area contributed by atoms with Crippen molar-refractivity contribution in [2.24, 2.45) is 0 Å². The fourth-order valence-corrected chi connectivity index (χ4v) is 24.2. The first kappa shape index (κ1) is 40.2. The molecule has 4 aromatic carbocycles. The molecule has 272 valence electrons. The molecule has 0 aliphatic carbocycles. The molecule has 0 atom stereocenters. The van der Waals surface area contributed by atoms with Crippen LogP contribution in [0.25, 0.3) is 0 Å². The van der Waals surface area contributed by atoms with Gasteiger partial charge < -0.3 is 8.85 Å². The van der Waals surface area contributed by atoms with E-state index in [0.29, 0.717) is 13.2 Å². The van der Waals surface area contributed by atoms with Crippen LogP contribution >= 0.6 is 70.6 Å². The summed E-state index contributed by atoms with van der Waals surface area (Å²) in [5, 5.41) is 9.64. The Hall–Kier alpha value is -1.45. The minimum atomic E-state index is -2.58. The van der Waals surface area contributed by atoms with Crippen LogP contribution in [0.3, 0.4) is 0 Å². The summed E-state index contributed by atoms with van der Waals surface area (Å²) in [6.07, 6.45) is 0. The second kappa shape index (κ2) is 18.0. The number of thioether (sulfide) groups is 6. The zero-order chi connectivity index (χ0) is 36.7. The quantitative estimate of drug-likeness (QED) is 0.0912. The van der Waals surface area contributed by atoms with Crippen LogP contribution in [0.2, 0.25) is 10.1 Å². The molecule has 0 bridgehead atoms. The van der Waals surface area contributed by atoms with Gasteiger partial charge in [0.1, 0.15) is 0 Å². The summed E-state index contributed by atoms with van der Waals surface area (Å²) in [5.74, 6) is 1.80. The molecule has 10 heteroatoms. The van der Waals surface area contributed by atoms with Crippen LogP contribution in [0.5, 0.6) is 0 Å². The van der Waals surface area contributed by atoms with Crippen LogP contribution in [0.4, 0.5) is 0 Å². The molecule has 0 spiro atoms. The molecule has 2 heterocycles. The SMILES string of the molecule is CC(C)(C)[Si](OCCSC1=C(SCCO[Si](c2ccccc2)(c2ccccc2)C(C)(C)C)SC(=C2SC=CS2)S1)(c1ccccc1)c1ccccc1. The zero-order valence-electron chi connectivity index (χ0n) is 30.8. The van der Waals surface area contributed by atoms with E-state index in [1.807, 2.05) is 70.6 Å². The summed E-state index contributed by atoms with van der Waals surface area (Å²) in [6, 6.07) is 43.9. The molecule has 2 nitrogen and oxygen atoms in total. The van der Waals surface area contributed by atoms with Crippen molar-refractivity contribution >= 4 is 108 Å². The lowest BCUT2D eigenvalue weighted by atomic mass is 10.2. The Kier molecular flexibility index (Phi) is 13.9. The van der Waals surface area contributed by atoms with Crippen molar-refractivity contribution in [1.29, 1.82) is 0 Å². The van der Waals surface area contributed by atoms with E-state index in [4.69, 9.17) is 8.85 Å². The van der Waals surface area contributed by atoms with E-state index >= 15 is 0 Å². The van der Waals surface area contributed by atoms with Gasteiger partial charge in [-0.2, -0.15) is 0 Å². The topological polar surface area (TPSA) is 18.5 Å². The molecular formula is C42H48O2S6Si2. The van der Waals surface area contributed by atoms with Crippen molar-refractivity contribution in [2.45, 2.75) is 51.6 Å². The molecule has 52 heavy (non-hydrogen) atoms. The van der Waals surface area contributed by atoms with Gasteiger partial charge >= 0.3 is 0 Å². The van der Waals surface area contributed by atoms with Gasteiger partial charge in [-0.15, -0.1) is 23.5 Å². The first-order valence-electron chi connectivity index (χ1n) is 17.6. The summed E-state index contributed by atoms with van der Waals surface area (Å²) in [4.78, 5) is 0. The van der Waals surface area contributed by atoms with Crippen molar-refractivity contribution in [3.8, 4) is 0 Å². The van der Waals surface area contributed by atoms with Crippen LogP contribution in [-0.2, 0) is 8.85 Å². The highest BCUT2D eigenvalue weighted by Crippen LogP contribution is 2.61. The van der Waals surface area contributed by atoms with Gasteiger partial charge in [-0.05, 0) is 41.6 Å². The lowest BCUT2D eigenvalue weighted by molar-refractivity contribution is 0.322. The Labute approximate surface area is 339 Å². The van der Waals surface area contributed by atoms with Crippen LogP contribution in [-0.4, -0.2) is 41.4 Å². The van der Waals surface area contributed by atoms with Gasteiger partial charge in [-0.25, -0.2) is 0 Å². The van der Waals surface area contributed by atoms with Crippen LogP contribution in [0.1, 0.15) is 41.5 Å². The van der Waals surface area contributed by atoms with Crippen molar-refractivity contribution in [2.75, 3.05) is 24.7 Å². The van der Waals surface area contributed by atoms with Gasteiger partial charge in [0, 0.05) is 24.7 Å². The second-order valence-electron chi connectivity index (χ2n) is 14.6. The molecule has 0 N–H and O–H groups in total. The van der Waals surface area contributed by atoms with Gasteiger partial charge in [0.2, 0.25) is 0 Å². The van der Waals surface area contributed by atoms with Crippen molar-refractivity contribution < 1.29 is 8.85 Å². The molecule has 0 aromatic heterocycles. The highest BCUT2D eigenvalue weighted by atomic mass is 32.3. The maximum absolute atomic E-state index is 7.27. The summed E-state index contributed by atoms with van der Waals surface area (Å²) >= 11 is 11.5. The van der Waals surface area contributed by atoms with Crippen molar-refractivity contribution in [3.05, 3.63) is 149 Å². The average Bonchev–Trinajstić information content (AvgIpc) is 3.83. The third-order valence-corrected chi connectivity index (χ3v) is 27.4.